The number of anilines is 1. The molecule has 2 rings (SSSR count). The highest BCUT2D eigenvalue weighted by atomic mass is 32.2. The standard InChI is InChI=1S/C13H17FN4O2S/c1-9-11(14)7-10(15)8-12(9)21(19,20)18-4-2-3-13-16-5-6-17-13/h5-8,18H,2-4,15H2,1H3,(H,16,17). The maximum absolute atomic E-state index is 13.6. The fraction of sp³-hybridized carbons (Fsp3) is 0.308. The van der Waals surface area contributed by atoms with E-state index in [4.69, 9.17) is 5.73 Å². The normalized spacial score (nSPS) is 11.7. The van der Waals surface area contributed by atoms with E-state index in [1.54, 1.807) is 12.4 Å². The van der Waals surface area contributed by atoms with Crippen molar-refractivity contribution in [1.29, 1.82) is 0 Å². The smallest absolute Gasteiger partial charge is 0.241 e. The Morgan fingerprint density at radius 3 is 2.86 bits per heavy atom. The van der Waals surface area contributed by atoms with Gasteiger partial charge < -0.3 is 10.7 Å². The lowest BCUT2D eigenvalue weighted by Crippen LogP contribution is -2.26. The molecule has 0 aliphatic carbocycles. The van der Waals surface area contributed by atoms with E-state index in [9.17, 15) is 12.8 Å². The Morgan fingerprint density at radius 1 is 1.43 bits per heavy atom. The van der Waals surface area contributed by atoms with Gasteiger partial charge in [-0.3, -0.25) is 0 Å². The first-order chi connectivity index (χ1) is 9.90. The Balaban J connectivity index is 2.02. The van der Waals surface area contributed by atoms with Crippen LogP contribution in [0.5, 0.6) is 0 Å². The van der Waals surface area contributed by atoms with Crippen LogP contribution in [0.25, 0.3) is 0 Å². The summed E-state index contributed by atoms with van der Waals surface area (Å²) in [6.45, 7) is 1.64. The molecule has 0 bridgehead atoms. The molecule has 0 aliphatic heterocycles. The van der Waals surface area contributed by atoms with Crippen LogP contribution in [0, 0.1) is 12.7 Å². The maximum Gasteiger partial charge on any atom is 0.241 e. The Hall–Kier alpha value is -1.93. The predicted octanol–water partition coefficient (Wildman–Crippen LogP) is 1.35. The second-order valence-electron chi connectivity index (χ2n) is 4.66. The highest BCUT2D eigenvalue weighted by Crippen LogP contribution is 2.21. The van der Waals surface area contributed by atoms with Crippen molar-refractivity contribution in [3.05, 3.63) is 41.7 Å². The van der Waals surface area contributed by atoms with E-state index < -0.39 is 15.8 Å². The SMILES string of the molecule is Cc1c(F)cc(N)cc1S(=O)(=O)NCCCc1ncc[nH]1. The monoisotopic (exact) mass is 312 g/mol. The summed E-state index contributed by atoms with van der Waals surface area (Å²) in [7, 11) is -3.78. The van der Waals surface area contributed by atoms with Gasteiger partial charge in [-0.25, -0.2) is 22.5 Å². The zero-order chi connectivity index (χ0) is 15.5. The second-order valence-corrected chi connectivity index (χ2v) is 6.40. The summed E-state index contributed by atoms with van der Waals surface area (Å²) in [5.74, 6) is 0.159. The largest absolute Gasteiger partial charge is 0.399 e. The number of rotatable bonds is 6. The number of aryl methyl sites for hydroxylation is 1. The molecule has 0 fully saturated rings. The molecule has 114 valence electrons. The number of nitrogens with zero attached hydrogens (tertiary/aromatic N) is 1. The van der Waals surface area contributed by atoms with Crippen molar-refractivity contribution in [2.24, 2.45) is 0 Å². The fourth-order valence-corrected chi connectivity index (χ4v) is 3.29. The van der Waals surface area contributed by atoms with Crippen LogP contribution in [-0.4, -0.2) is 24.9 Å². The molecule has 0 aliphatic rings. The summed E-state index contributed by atoms with van der Waals surface area (Å²) in [6.07, 6.45) is 4.55. The van der Waals surface area contributed by atoms with Crippen LogP contribution in [0.15, 0.2) is 29.4 Å². The molecule has 0 unspecified atom stereocenters. The molecule has 6 nitrogen and oxygen atoms in total. The summed E-state index contributed by atoms with van der Waals surface area (Å²) >= 11 is 0. The van der Waals surface area contributed by atoms with E-state index in [2.05, 4.69) is 14.7 Å². The van der Waals surface area contributed by atoms with Crippen molar-refractivity contribution >= 4 is 15.7 Å². The number of nitrogen functional groups attached to an aromatic ring is 1. The number of imidazole rings is 1. The van der Waals surface area contributed by atoms with Crippen molar-refractivity contribution < 1.29 is 12.8 Å². The van der Waals surface area contributed by atoms with Gasteiger partial charge in [-0.2, -0.15) is 0 Å². The molecule has 0 amide bonds. The van der Waals surface area contributed by atoms with Gasteiger partial charge in [0, 0.05) is 36.6 Å². The molecule has 0 atom stereocenters. The van der Waals surface area contributed by atoms with E-state index in [0.29, 0.717) is 12.8 Å². The maximum atomic E-state index is 13.6. The highest BCUT2D eigenvalue weighted by molar-refractivity contribution is 7.89. The lowest BCUT2D eigenvalue weighted by atomic mass is 10.2. The fourth-order valence-electron chi connectivity index (χ4n) is 1.93. The van der Waals surface area contributed by atoms with Gasteiger partial charge >= 0.3 is 0 Å². The number of nitrogens with one attached hydrogen (secondary N) is 2. The van der Waals surface area contributed by atoms with Crippen LogP contribution >= 0.6 is 0 Å². The van der Waals surface area contributed by atoms with Gasteiger partial charge in [0.1, 0.15) is 11.6 Å². The van der Waals surface area contributed by atoms with Gasteiger partial charge in [-0.15, -0.1) is 0 Å². The number of benzene rings is 1. The predicted molar refractivity (Wildman–Crippen MR) is 77.6 cm³/mol. The molecule has 0 spiro atoms. The van der Waals surface area contributed by atoms with Crippen LogP contribution in [0.4, 0.5) is 10.1 Å². The van der Waals surface area contributed by atoms with Gasteiger partial charge in [0.25, 0.3) is 0 Å². The van der Waals surface area contributed by atoms with Gasteiger partial charge in [-0.1, -0.05) is 0 Å². The first kappa shape index (κ1) is 15.5. The van der Waals surface area contributed by atoms with E-state index in [0.717, 1.165) is 11.9 Å². The number of sulfonamides is 1. The first-order valence-electron chi connectivity index (χ1n) is 6.43. The van der Waals surface area contributed by atoms with Crippen LogP contribution in [-0.2, 0) is 16.4 Å². The third-order valence-electron chi connectivity index (χ3n) is 3.05. The Bertz CT molecular complexity index is 714. The zero-order valence-corrected chi connectivity index (χ0v) is 12.4. The molecule has 4 N–H and O–H groups in total. The average Bonchev–Trinajstić information content (AvgIpc) is 2.92. The molecule has 2 aromatic rings. The van der Waals surface area contributed by atoms with Gasteiger partial charge in [0.15, 0.2) is 0 Å². The topological polar surface area (TPSA) is 101 Å². The Kier molecular flexibility index (Phi) is 4.59. The molecule has 0 saturated carbocycles. The third kappa shape index (κ3) is 3.79. The number of hydrogen-bond acceptors (Lipinski definition) is 4. The lowest BCUT2D eigenvalue weighted by molar-refractivity contribution is 0.572. The van der Waals surface area contributed by atoms with E-state index in [1.807, 2.05) is 0 Å². The minimum atomic E-state index is -3.78. The number of aromatic nitrogens is 2. The highest BCUT2D eigenvalue weighted by Gasteiger charge is 2.19. The molecular weight excluding hydrogens is 295 g/mol. The molecule has 0 saturated heterocycles. The van der Waals surface area contributed by atoms with Crippen LogP contribution in [0.2, 0.25) is 0 Å². The number of nitrogens with two attached hydrogens (primary N) is 1. The number of aromatic amines is 1. The number of halogens is 1. The summed E-state index contributed by atoms with van der Waals surface area (Å²) < 4.78 is 40.3. The molecule has 1 heterocycles. The molecule has 8 heteroatoms. The third-order valence-corrected chi connectivity index (χ3v) is 4.63. The van der Waals surface area contributed by atoms with Crippen molar-refractivity contribution in [1.82, 2.24) is 14.7 Å². The molecule has 0 radical (unpaired) electrons. The van der Waals surface area contributed by atoms with Crippen molar-refractivity contribution in [3.8, 4) is 0 Å². The molecule has 1 aromatic carbocycles. The van der Waals surface area contributed by atoms with Crippen LogP contribution < -0.4 is 10.5 Å². The van der Waals surface area contributed by atoms with E-state index in [-0.39, 0.29) is 22.7 Å². The van der Waals surface area contributed by atoms with Gasteiger partial charge in [0.05, 0.1) is 4.90 Å². The number of hydrogen-bond donors (Lipinski definition) is 3. The van der Waals surface area contributed by atoms with Gasteiger partial charge in [0.2, 0.25) is 10.0 Å². The molecular formula is C13H17FN4O2S. The van der Waals surface area contributed by atoms with Crippen LogP contribution in [0.1, 0.15) is 17.8 Å². The van der Waals surface area contributed by atoms with Crippen molar-refractivity contribution in [2.75, 3.05) is 12.3 Å². The van der Waals surface area contributed by atoms with Crippen molar-refractivity contribution in [2.45, 2.75) is 24.7 Å². The second kappa shape index (κ2) is 6.23. The average molecular weight is 312 g/mol. The minimum Gasteiger partial charge on any atom is -0.399 e. The minimum absolute atomic E-state index is 0.0581. The molecule has 21 heavy (non-hydrogen) atoms. The first-order valence-corrected chi connectivity index (χ1v) is 7.92. The lowest BCUT2D eigenvalue weighted by Gasteiger charge is -2.10. The summed E-state index contributed by atoms with van der Waals surface area (Å²) in [4.78, 5) is 6.86. The van der Waals surface area contributed by atoms with Crippen molar-refractivity contribution in [3.63, 3.8) is 0 Å². The van der Waals surface area contributed by atoms with E-state index in [1.165, 1.54) is 13.0 Å². The van der Waals surface area contributed by atoms with E-state index >= 15 is 0 Å². The number of H-pyrrole nitrogens is 1. The molecule has 1 aromatic heterocycles. The summed E-state index contributed by atoms with van der Waals surface area (Å²) in [5, 5.41) is 0. The Labute approximate surface area is 122 Å². The summed E-state index contributed by atoms with van der Waals surface area (Å²) in [6, 6.07) is 2.36. The Morgan fingerprint density at radius 2 is 2.19 bits per heavy atom. The van der Waals surface area contributed by atoms with Gasteiger partial charge in [-0.05, 0) is 25.5 Å². The van der Waals surface area contributed by atoms with Crippen LogP contribution in [0.3, 0.4) is 0 Å². The summed E-state index contributed by atoms with van der Waals surface area (Å²) in [5.41, 5.74) is 5.64. The zero-order valence-electron chi connectivity index (χ0n) is 11.6. The quantitative estimate of drug-likeness (QED) is 0.553.